The maximum absolute atomic E-state index is 11.9. The van der Waals surface area contributed by atoms with Crippen molar-refractivity contribution in [3.05, 3.63) is 35.9 Å². The summed E-state index contributed by atoms with van der Waals surface area (Å²) in [7, 11) is 0. The van der Waals surface area contributed by atoms with Gasteiger partial charge < -0.3 is 14.8 Å². The van der Waals surface area contributed by atoms with Gasteiger partial charge in [-0.15, -0.1) is 0 Å². The number of nitrogens with one attached hydrogen (secondary N) is 1. The van der Waals surface area contributed by atoms with Gasteiger partial charge in [0.1, 0.15) is 5.60 Å². The van der Waals surface area contributed by atoms with Crippen molar-refractivity contribution in [1.29, 1.82) is 0 Å². The topological polar surface area (TPSA) is 47.6 Å². The SMILES string of the molecule is CC(C)(C)OC(=O)N[C@@H]1CC[C@@H](Br)[C@H](OCc2ccccc2)C1. The van der Waals surface area contributed by atoms with E-state index in [1.54, 1.807) is 0 Å². The van der Waals surface area contributed by atoms with Gasteiger partial charge in [0.05, 0.1) is 12.7 Å². The number of hydrogen-bond acceptors (Lipinski definition) is 3. The second-order valence-electron chi connectivity index (χ2n) is 7.01. The lowest BCUT2D eigenvalue weighted by Gasteiger charge is -2.34. The van der Waals surface area contributed by atoms with E-state index in [2.05, 4.69) is 33.4 Å². The number of halogens is 1. The molecule has 0 bridgehead atoms. The third-order valence-electron chi connectivity index (χ3n) is 3.74. The van der Waals surface area contributed by atoms with Crippen molar-refractivity contribution in [1.82, 2.24) is 5.32 Å². The van der Waals surface area contributed by atoms with Gasteiger partial charge in [-0.1, -0.05) is 46.3 Å². The minimum atomic E-state index is -0.472. The zero-order valence-corrected chi connectivity index (χ0v) is 15.6. The molecule has 2 rings (SSSR count). The van der Waals surface area contributed by atoms with Crippen LogP contribution in [0, 0.1) is 0 Å². The van der Waals surface area contributed by atoms with E-state index in [0.717, 1.165) is 24.8 Å². The fraction of sp³-hybridized carbons (Fsp3) is 0.611. The lowest BCUT2D eigenvalue weighted by Crippen LogP contribution is -2.45. The minimum Gasteiger partial charge on any atom is -0.444 e. The molecule has 0 saturated heterocycles. The molecule has 1 amide bonds. The number of benzene rings is 1. The molecule has 1 aliphatic rings. The van der Waals surface area contributed by atoms with Crippen LogP contribution in [0.2, 0.25) is 0 Å². The number of carbonyl (C=O) groups excluding carboxylic acids is 1. The summed E-state index contributed by atoms with van der Waals surface area (Å²) in [6.07, 6.45) is 2.43. The lowest BCUT2D eigenvalue weighted by atomic mass is 9.92. The number of carbonyl (C=O) groups is 1. The number of alkyl halides is 1. The molecular weight excluding hydrogens is 358 g/mol. The average Bonchev–Trinajstić information content (AvgIpc) is 2.47. The molecule has 128 valence electrons. The zero-order chi connectivity index (χ0) is 16.9. The molecule has 5 heteroatoms. The van der Waals surface area contributed by atoms with E-state index in [1.165, 1.54) is 0 Å². The molecule has 1 fully saturated rings. The molecule has 0 aliphatic heterocycles. The standard InChI is InChI=1S/C18H26BrNO3/c1-18(2,3)23-17(21)20-14-9-10-15(19)16(11-14)22-12-13-7-5-4-6-8-13/h4-8,14-16H,9-12H2,1-3H3,(H,20,21)/t14-,15-,16-/m1/s1. The summed E-state index contributed by atoms with van der Waals surface area (Å²) in [5.74, 6) is 0. The molecule has 0 spiro atoms. The zero-order valence-electron chi connectivity index (χ0n) is 14.0. The largest absolute Gasteiger partial charge is 0.444 e. The summed E-state index contributed by atoms with van der Waals surface area (Å²) < 4.78 is 11.4. The van der Waals surface area contributed by atoms with Crippen molar-refractivity contribution < 1.29 is 14.3 Å². The fourth-order valence-electron chi connectivity index (χ4n) is 2.65. The van der Waals surface area contributed by atoms with Crippen molar-refractivity contribution in [3.63, 3.8) is 0 Å². The van der Waals surface area contributed by atoms with Crippen LogP contribution in [0.5, 0.6) is 0 Å². The van der Waals surface area contributed by atoms with E-state index in [1.807, 2.05) is 39.0 Å². The Morgan fingerprint density at radius 2 is 1.96 bits per heavy atom. The van der Waals surface area contributed by atoms with Crippen LogP contribution in [0.1, 0.15) is 45.6 Å². The van der Waals surface area contributed by atoms with Crippen LogP contribution in [0.3, 0.4) is 0 Å². The highest BCUT2D eigenvalue weighted by Crippen LogP contribution is 2.28. The summed E-state index contributed by atoms with van der Waals surface area (Å²) in [6.45, 7) is 6.20. The molecule has 23 heavy (non-hydrogen) atoms. The van der Waals surface area contributed by atoms with E-state index >= 15 is 0 Å². The van der Waals surface area contributed by atoms with Crippen LogP contribution < -0.4 is 5.32 Å². The van der Waals surface area contributed by atoms with Crippen LogP contribution in [-0.2, 0) is 16.1 Å². The Hall–Kier alpha value is -1.07. The molecular formula is C18H26BrNO3. The molecule has 4 nitrogen and oxygen atoms in total. The van der Waals surface area contributed by atoms with Crippen molar-refractivity contribution in [2.75, 3.05) is 0 Å². The van der Waals surface area contributed by atoms with Crippen LogP contribution in [0.4, 0.5) is 4.79 Å². The van der Waals surface area contributed by atoms with Gasteiger partial charge in [-0.05, 0) is 45.6 Å². The minimum absolute atomic E-state index is 0.0869. The summed E-state index contributed by atoms with van der Waals surface area (Å²) >= 11 is 3.70. The molecule has 1 N–H and O–H groups in total. The summed E-state index contributed by atoms with van der Waals surface area (Å²) in [6, 6.07) is 10.2. The first-order valence-corrected chi connectivity index (χ1v) is 9.04. The van der Waals surface area contributed by atoms with Gasteiger partial charge in [-0.3, -0.25) is 0 Å². The van der Waals surface area contributed by atoms with Crippen LogP contribution in [0.15, 0.2) is 30.3 Å². The Labute approximate surface area is 147 Å². The number of rotatable bonds is 4. The smallest absolute Gasteiger partial charge is 0.407 e. The van der Waals surface area contributed by atoms with E-state index < -0.39 is 5.60 Å². The third-order valence-corrected chi connectivity index (χ3v) is 4.79. The predicted octanol–water partition coefficient (Wildman–Crippen LogP) is 4.41. The highest BCUT2D eigenvalue weighted by atomic mass is 79.9. The molecule has 3 atom stereocenters. The molecule has 1 aromatic rings. The van der Waals surface area contributed by atoms with Gasteiger partial charge >= 0.3 is 6.09 Å². The lowest BCUT2D eigenvalue weighted by molar-refractivity contribution is 0.0102. The van der Waals surface area contributed by atoms with Gasteiger partial charge in [0, 0.05) is 10.9 Å². The number of hydrogen-bond donors (Lipinski definition) is 1. The van der Waals surface area contributed by atoms with Crippen LogP contribution in [0.25, 0.3) is 0 Å². The second kappa shape index (κ2) is 8.15. The number of ether oxygens (including phenoxy) is 2. The molecule has 0 radical (unpaired) electrons. The Balaban J connectivity index is 1.82. The normalized spacial score (nSPS) is 25.0. The van der Waals surface area contributed by atoms with Gasteiger partial charge in [0.25, 0.3) is 0 Å². The fourth-order valence-corrected chi connectivity index (χ4v) is 3.28. The van der Waals surface area contributed by atoms with Gasteiger partial charge in [0.15, 0.2) is 0 Å². The first-order chi connectivity index (χ1) is 10.8. The van der Waals surface area contributed by atoms with Crippen molar-refractivity contribution in [2.24, 2.45) is 0 Å². The number of amides is 1. The predicted molar refractivity (Wildman–Crippen MR) is 94.7 cm³/mol. The molecule has 0 heterocycles. The molecule has 0 aromatic heterocycles. The molecule has 1 aromatic carbocycles. The molecule has 1 aliphatic carbocycles. The number of alkyl carbamates (subject to hydrolysis) is 1. The Morgan fingerprint density at radius 3 is 2.61 bits per heavy atom. The summed E-state index contributed by atoms with van der Waals surface area (Å²) in [4.78, 5) is 12.2. The third kappa shape index (κ3) is 6.51. The summed E-state index contributed by atoms with van der Waals surface area (Å²) in [5.41, 5.74) is 0.689. The Bertz CT molecular complexity index is 501. The van der Waals surface area contributed by atoms with Gasteiger partial charge in [0.2, 0.25) is 0 Å². The van der Waals surface area contributed by atoms with E-state index in [4.69, 9.17) is 9.47 Å². The average molecular weight is 384 g/mol. The van der Waals surface area contributed by atoms with E-state index in [-0.39, 0.29) is 18.2 Å². The first-order valence-electron chi connectivity index (χ1n) is 8.12. The Morgan fingerprint density at radius 1 is 1.26 bits per heavy atom. The molecule has 0 unspecified atom stereocenters. The molecule has 1 saturated carbocycles. The van der Waals surface area contributed by atoms with Gasteiger partial charge in [-0.2, -0.15) is 0 Å². The second-order valence-corrected chi connectivity index (χ2v) is 8.18. The van der Waals surface area contributed by atoms with Crippen molar-refractivity contribution in [3.8, 4) is 0 Å². The Kier molecular flexibility index (Phi) is 6.48. The van der Waals surface area contributed by atoms with Gasteiger partial charge in [-0.25, -0.2) is 4.79 Å². The monoisotopic (exact) mass is 383 g/mol. The maximum Gasteiger partial charge on any atom is 0.407 e. The maximum atomic E-state index is 11.9. The van der Waals surface area contributed by atoms with Crippen LogP contribution >= 0.6 is 15.9 Å². The van der Waals surface area contributed by atoms with Crippen molar-refractivity contribution >= 4 is 22.0 Å². The van der Waals surface area contributed by atoms with E-state index in [9.17, 15) is 4.79 Å². The van der Waals surface area contributed by atoms with Crippen molar-refractivity contribution in [2.45, 2.75) is 69.2 Å². The first kappa shape index (κ1) is 18.3. The van der Waals surface area contributed by atoms with E-state index in [0.29, 0.717) is 11.4 Å². The van der Waals surface area contributed by atoms with Crippen LogP contribution in [-0.4, -0.2) is 28.7 Å². The summed E-state index contributed by atoms with van der Waals surface area (Å²) in [5, 5.41) is 2.96. The quantitative estimate of drug-likeness (QED) is 0.783. The highest BCUT2D eigenvalue weighted by molar-refractivity contribution is 9.09. The highest BCUT2D eigenvalue weighted by Gasteiger charge is 2.31.